The minimum atomic E-state index is 0.0382. The van der Waals surface area contributed by atoms with Gasteiger partial charge in [0, 0.05) is 26.1 Å². The fourth-order valence-electron chi connectivity index (χ4n) is 5.05. The van der Waals surface area contributed by atoms with Crippen molar-refractivity contribution in [2.75, 3.05) is 13.1 Å². The zero-order valence-corrected chi connectivity index (χ0v) is 18.9. The number of likely N-dealkylation sites (tertiary alicyclic amines) is 1. The van der Waals surface area contributed by atoms with Crippen LogP contribution >= 0.6 is 11.3 Å². The average Bonchev–Trinajstić information content (AvgIpc) is 2.95. The van der Waals surface area contributed by atoms with E-state index in [0.717, 1.165) is 80.8 Å². The summed E-state index contributed by atoms with van der Waals surface area (Å²) in [5.41, 5.74) is 2.23. The summed E-state index contributed by atoms with van der Waals surface area (Å²) in [4.78, 5) is 34.7. The Bertz CT molecular complexity index is 1160. The molecule has 0 atom stereocenters. The SMILES string of the molecule is Cc1c(C(=O)N2CCC(Cc3ccccc3)CC2)sc2nc3n(c(=O)c12)CCCCC3. The first-order chi connectivity index (χ1) is 15.1. The van der Waals surface area contributed by atoms with E-state index in [1.54, 1.807) is 0 Å². The van der Waals surface area contributed by atoms with E-state index in [4.69, 9.17) is 4.98 Å². The Morgan fingerprint density at radius 3 is 2.65 bits per heavy atom. The number of piperidine rings is 1. The van der Waals surface area contributed by atoms with E-state index in [-0.39, 0.29) is 11.5 Å². The van der Waals surface area contributed by atoms with E-state index >= 15 is 0 Å². The maximum atomic E-state index is 13.3. The molecular weight excluding hydrogens is 406 g/mol. The second-order valence-electron chi connectivity index (χ2n) is 8.96. The molecule has 1 saturated heterocycles. The molecule has 5 rings (SSSR count). The van der Waals surface area contributed by atoms with Crippen LogP contribution in [0.5, 0.6) is 0 Å². The van der Waals surface area contributed by atoms with Gasteiger partial charge in [0.05, 0.1) is 10.3 Å². The molecule has 0 saturated carbocycles. The van der Waals surface area contributed by atoms with Crippen LogP contribution in [-0.4, -0.2) is 33.4 Å². The molecule has 0 spiro atoms. The number of thiophene rings is 1. The first kappa shape index (κ1) is 20.4. The minimum Gasteiger partial charge on any atom is -0.338 e. The zero-order valence-electron chi connectivity index (χ0n) is 18.1. The minimum absolute atomic E-state index is 0.0382. The topological polar surface area (TPSA) is 55.2 Å². The molecule has 4 heterocycles. The quantitative estimate of drug-likeness (QED) is 0.605. The third kappa shape index (κ3) is 3.93. The highest BCUT2D eigenvalue weighted by atomic mass is 32.1. The Labute approximate surface area is 186 Å². The number of rotatable bonds is 3. The molecule has 5 nitrogen and oxygen atoms in total. The number of carbonyl (C=O) groups is 1. The van der Waals surface area contributed by atoms with Gasteiger partial charge in [-0.1, -0.05) is 36.8 Å². The summed E-state index contributed by atoms with van der Waals surface area (Å²) in [5, 5.41) is 0.651. The van der Waals surface area contributed by atoms with Crippen molar-refractivity contribution in [3.05, 3.63) is 62.5 Å². The molecule has 31 heavy (non-hydrogen) atoms. The largest absolute Gasteiger partial charge is 0.338 e. The lowest BCUT2D eigenvalue weighted by Gasteiger charge is -2.32. The summed E-state index contributed by atoms with van der Waals surface area (Å²) < 4.78 is 1.85. The van der Waals surface area contributed by atoms with Gasteiger partial charge in [0.15, 0.2) is 0 Å². The van der Waals surface area contributed by atoms with Crippen molar-refractivity contribution in [2.45, 2.75) is 58.4 Å². The molecule has 2 aromatic heterocycles. The standard InChI is InChI=1S/C25H29N3O2S/c1-17-21-23(26-20-10-6-3-7-13-28(20)24(21)29)31-22(17)25(30)27-14-11-19(12-15-27)16-18-8-4-2-5-9-18/h2,4-5,8-9,19H,3,6-7,10-16H2,1H3. The smallest absolute Gasteiger partial charge is 0.264 e. The molecule has 3 aromatic rings. The molecule has 0 aliphatic carbocycles. The Kier molecular flexibility index (Phi) is 5.65. The first-order valence-corrected chi connectivity index (χ1v) is 12.3. The van der Waals surface area contributed by atoms with Gasteiger partial charge < -0.3 is 4.90 Å². The predicted molar refractivity (Wildman–Crippen MR) is 125 cm³/mol. The third-order valence-electron chi connectivity index (χ3n) is 6.87. The molecule has 2 aliphatic heterocycles. The lowest BCUT2D eigenvalue weighted by Crippen LogP contribution is -2.38. The van der Waals surface area contributed by atoms with E-state index in [1.807, 2.05) is 16.4 Å². The van der Waals surface area contributed by atoms with Crippen LogP contribution in [0.15, 0.2) is 35.1 Å². The summed E-state index contributed by atoms with van der Waals surface area (Å²) in [6.07, 6.45) is 7.22. The van der Waals surface area contributed by atoms with Crippen LogP contribution < -0.4 is 5.56 Å². The maximum absolute atomic E-state index is 13.3. The van der Waals surface area contributed by atoms with E-state index in [9.17, 15) is 9.59 Å². The van der Waals surface area contributed by atoms with Crippen LogP contribution in [-0.2, 0) is 19.4 Å². The second-order valence-corrected chi connectivity index (χ2v) is 9.96. The van der Waals surface area contributed by atoms with E-state index in [2.05, 4.69) is 30.3 Å². The van der Waals surface area contributed by atoms with Gasteiger partial charge in [-0.05, 0) is 56.1 Å². The fraction of sp³-hybridized carbons (Fsp3) is 0.480. The van der Waals surface area contributed by atoms with E-state index in [1.165, 1.54) is 16.9 Å². The monoisotopic (exact) mass is 435 g/mol. The normalized spacial score (nSPS) is 17.5. The fourth-order valence-corrected chi connectivity index (χ4v) is 6.20. The van der Waals surface area contributed by atoms with Crippen LogP contribution in [0.1, 0.15) is 58.7 Å². The van der Waals surface area contributed by atoms with Crippen LogP contribution in [0.25, 0.3) is 10.2 Å². The molecule has 1 amide bonds. The van der Waals surface area contributed by atoms with Crippen LogP contribution in [0.4, 0.5) is 0 Å². The molecule has 1 aromatic carbocycles. The Morgan fingerprint density at radius 1 is 1.10 bits per heavy atom. The number of aryl methyl sites for hydroxylation is 2. The van der Waals surface area contributed by atoms with Crippen molar-refractivity contribution >= 4 is 27.5 Å². The number of hydrogen-bond acceptors (Lipinski definition) is 4. The van der Waals surface area contributed by atoms with Gasteiger partial charge in [0.2, 0.25) is 0 Å². The Balaban J connectivity index is 1.35. The summed E-state index contributed by atoms with van der Waals surface area (Å²) in [7, 11) is 0. The summed E-state index contributed by atoms with van der Waals surface area (Å²) in [5.74, 6) is 1.58. The summed E-state index contributed by atoms with van der Waals surface area (Å²) in [6.45, 7) is 4.23. The zero-order chi connectivity index (χ0) is 21.4. The molecule has 0 unspecified atom stereocenters. The van der Waals surface area contributed by atoms with Gasteiger partial charge in [-0.2, -0.15) is 0 Å². The lowest BCUT2D eigenvalue weighted by molar-refractivity contribution is 0.0695. The predicted octanol–water partition coefficient (Wildman–Crippen LogP) is 4.59. The molecule has 0 N–H and O–H groups in total. The summed E-state index contributed by atoms with van der Waals surface area (Å²) >= 11 is 1.41. The molecule has 0 bridgehead atoms. The van der Waals surface area contributed by atoms with Gasteiger partial charge in [0.1, 0.15) is 10.7 Å². The number of hydrogen-bond donors (Lipinski definition) is 0. The van der Waals surface area contributed by atoms with Gasteiger partial charge in [0.25, 0.3) is 11.5 Å². The molecular formula is C25H29N3O2S. The van der Waals surface area contributed by atoms with Crippen molar-refractivity contribution < 1.29 is 4.79 Å². The first-order valence-electron chi connectivity index (χ1n) is 11.5. The third-order valence-corrected chi connectivity index (χ3v) is 8.05. The van der Waals surface area contributed by atoms with Gasteiger partial charge >= 0.3 is 0 Å². The molecule has 1 fully saturated rings. The van der Waals surface area contributed by atoms with Crippen molar-refractivity contribution in [1.29, 1.82) is 0 Å². The molecule has 0 radical (unpaired) electrons. The number of amides is 1. The van der Waals surface area contributed by atoms with E-state index < -0.39 is 0 Å². The number of aromatic nitrogens is 2. The van der Waals surface area contributed by atoms with Crippen molar-refractivity contribution in [1.82, 2.24) is 14.5 Å². The average molecular weight is 436 g/mol. The Hall–Kier alpha value is -2.47. The van der Waals surface area contributed by atoms with Crippen LogP contribution in [0.3, 0.4) is 0 Å². The van der Waals surface area contributed by atoms with Crippen LogP contribution in [0.2, 0.25) is 0 Å². The maximum Gasteiger partial charge on any atom is 0.264 e. The van der Waals surface area contributed by atoms with Crippen molar-refractivity contribution in [3.8, 4) is 0 Å². The summed E-state index contributed by atoms with van der Waals surface area (Å²) in [6, 6.07) is 10.6. The van der Waals surface area contributed by atoms with Gasteiger partial charge in [-0.15, -0.1) is 11.3 Å². The molecule has 6 heteroatoms. The number of carbonyl (C=O) groups excluding carboxylic acids is 1. The Morgan fingerprint density at radius 2 is 1.87 bits per heavy atom. The van der Waals surface area contributed by atoms with Gasteiger partial charge in [-0.25, -0.2) is 4.98 Å². The highest BCUT2D eigenvalue weighted by molar-refractivity contribution is 7.20. The highest BCUT2D eigenvalue weighted by Crippen LogP contribution is 2.31. The number of benzene rings is 1. The van der Waals surface area contributed by atoms with Crippen molar-refractivity contribution in [3.63, 3.8) is 0 Å². The van der Waals surface area contributed by atoms with E-state index in [0.29, 0.717) is 16.2 Å². The number of fused-ring (bicyclic) bond motifs is 2. The molecule has 162 valence electrons. The second kappa shape index (κ2) is 8.58. The van der Waals surface area contributed by atoms with Gasteiger partial charge in [-0.3, -0.25) is 14.2 Å². The lowest BCUT2D eigenvalue weighted by atomic mass is 9.90. The molecule has 2 aliphatic rings. The number of nitrogens with zero attached hydrogens (tertiary/aromatic N) is 3. The van der Waals surface area contributed by atoms with Crippen LogP contribution in [0, 0.1) is 12.8 Å². The van der Waals surface area contributed by atoms with Crippen molar-refractivity contribution in [2.24, 2.45) is 5.92 Å². The highest BCUT2D eigenvalue weighted by Gasteiger charge is 2.28.